The number of benzene rings is 1. The second kappa shape index (κ2) is 6.93. The van der Waals surface area contributed by atoms with E-state index >= 15 is 0 Å². The van der Waals surface area contributed by atoms with Gasteiger partial charge in [-0.15, -0.1) is 6.42 Å². The molecule has 1 aromatic carbocycles. The minimum atomic E-state index is -0.620. The largest absolute Gasteiger partial charge is 0.481 e. The molecule has 2 unspecified atom stereocenters. The molecule has 1 aromatic rings. The molecule has 0 fully saturated rings. The monoisotopic (exact) mass is 265 g/mol. The quantitative estimate of drug-likeness (QED) is 0.831. The number of carbonyl (C=O) groups is 1. The first-order chi connectivity index (χ1) is 8.56. The van der Waals surface area contributed by atoms with Gasteiger partial charge in [-0.05, 0) is 31.5 Å². The van der Waals surface area contributed by atoms with Gasteiger partial charge in [-0.2, -0.15) is 0 Å². The van der Waals surface area contributed by atoms with Crippen LogP contribution in [0.5, 0.6) is 5.75 Å². The minimum absolute atomic E-state index is 0.236. The number of nitrogens with one attached hydrogen (secondary N) is 1. The SMILES string of the molecule is C#CC(CC)NC(=O)C(C)Oc1cccc(Cl)c1. The predicted octanol–water partition coefficient (Wildman–Crippen LogP) is 2.64. The van der Waals surface area contributed by atoms with Gasteiger partial charge in [0.1, 0.15) is 5.75 Å². The van der Waals surface area contributed by atoms with Crippen LogP contribution in [0.15, 0.2) is 24.3 Å². The third kappa shape index (κ3) is 4.31. The highest BCUT2D eigenvalue weighted by atomic mass is 35.5. The molecule has 0 saturated heterocycles. The average molecular weight is 266 g/mol. The van der Waals surface area contributed by atoms with E-state index in [-0.39, 0.29) is 11.9 Å². The van der Waals surface area contributed by atoms with E-state index in [0.29, 0.717) is 17.2 Å². The van der Waals surface area contributed by atoms with Gasteiger partial charge in [0.2, 0.25) is 0 Å². The maximum Gasteiger partial charge on any atom is 0.261 e. The van der Waals surface area contributed by atoms with Crippen molar-refractivity contribution in [3.63, 3.8) is 0 Å². The van der Waals surface area contributed by atoms with E-state index < -0.39 is 6.10 Å². The Labute approximate surface area is 112 Å². The fourth-order valence-electron chi connectivity index (χ4n) is 1.35. The zero-order valence-electron chi connectivity index (χ0n) is 10.4. The molecule has 0 saturated carbocycles. The minimum Gasteiger partial charge on any atom is -0.481 e. The first-order valence-corrected chi connectivity index (χ1v) is 6.13. The number of hydrogen-bond donors (Lipinski definition) is 1. The van der Waals surface area contributed by atoms with E-state index in [1.54, 1.807) is 31.2 Å². The van der Waals surface area contributed by atoms with Crippen molar-refractivity contribution in [2.45, 2.75) is 32.4 Å². The van der Waals surface area contributed by atoms with Crippen LogP contribution in [0.1, 0.15) is 20.3 Å². The van der Waals surface area contributed by atoms with Crippen LogP contribution in [-0.4, -0.2) is 18.1 Å². The van der Waals surface area contributed by atoms with Gasteiger partial charge < -0.3 is 10.1 Å². The third-order valence-corrected chi connectivity index (χ3v) is 2.64. The first kappa shape index (κ1) is 14.4. The van der Waals surface area contributed by atoms with Crippen LogP contribution in [0, 0.1) is 12.3 Å². The zero-order chi connectivity index (χ0) is 13.5. The lowest BCUT2D eigenvalue weighted by atomic mass is 10.2. The predicted molar refractivity (Wildman–Crippen MR) is 72.6 cm³/mol. The summed E-state index contributed by atoms with van der Waals surface area (Å²) in [6.45, 7) is 3.58. The number of hydrogen-bond acceptors (Lipinski definition) is 2. The van der Waals surface area contributed by atoms with Crippen molar-refractivity contribution in [2.75, 3.05) is 0 Å². The van der Waals surface area contributed by atoms with Gasteiger partial charge in [-0.25, -0.2) is 0 Å². The molecular formula is C14H16ClNO2. The number of terminal acetylenes is 1. The van der Waals surface area contributed by atoms with E-state index in [9.17, 15) is 4.79 Å². The molecule has 0 radical (unpaired) electrons. The lowest BCUT2D eigenvalue weighted by Gasteiger charge is -2.17. The number of amides is 1. The highest BCUT2D eigenvalue weighted by molar-refractivity contribution is 6.30. The van der Waals surface area contributed by atoms with Gasteiger partial charge in [-0.3, -0.25) is 4.79 Å². The van der Waals surface area contributed by atoms with Crippen LogP contribution >= 0.6 is 11.6 Å². The highest BCUT2D eigenvalue weighted by Crippen LogP contribution is 2.18. The molecule has 18 heavy (non-hydrogen) atoms. The fourth-order valence-corrected chi connectivity index (χ4v) is 1.53. The summed E-state index contributed by atoms with van der Waals surface area (Å²) in [6, 6.07) is 6.64. The van der Waals surface area contributed by atoms with Gasteiger partial charge in [0.15, 0.2) is 6.10 Å². The molecule has 2 atom stereocenters. The maximum atomic E-state index is 11.8. The zero-order valence-corrected chi connectivity index (χ0v) is 11.2. The van der Waals surface area contributed by atoms with Crippen LogP contribution in [0.25, 0.3) is 0 Å². The highest BCUT2D eigenvalue weighted by Gasteiger charge is 2.17. The molecule has 0 heterocycles. The van der Waals surface area contributed by atoms with Crippen LogP contribution in [0.4, 0.5) is 0 Å². The second-order valence-corrected chi connectivity index (χ2v) is 4.29. The van der Waals surface area contributed by atoms with E-state index in [0.717, 1.165) is 0 Å². The molecule has 0 bridgehead atoms. The summed E-state index contributed by atoms with van der Waals surface area (Å²) >= 11 is 5.83. The van der Waals surface area contributed by atoms with Crippen molar-refractivity contribution < 1.29 is 9.53 Å². The Bertz CT molecular complexity index is 453. The molecule has 0 aliphatic carbocycles. The smallest absolute Gasteiger partial charge is 0.261 e. The van der Waals surface area contributed by atoms with Gasteiger partial charge in [-0.1, -0.05) is 30.5 Å². The normalized spacial score (nSPS) is 13.2. The van der Waals surface area contributed by atoms with Crippen LogP contribution in [-0.2, 0) is 4.79 Å². The average Bonchev–Trinajstić information content (AvgIpc) is 2.35. The lowest BCUT2D eigenvalue weighted by molar-refractivity contribution is -0.127. The van der Waals surface area contributed by atoms with Gasteiger partial charge in [0.05, 0.1) is 6.04 Å². The van der Waals surface area contributed by atoms with Gasteiger partial charge in [0.25, 0.3) is 5.91 Å². The molecule has 96 valence electrons. The van der Waals surface area contributed by atoms with Crippen molar-refractivity contribution in [1.29, 1.82) is 0 Å². The Morgan fingerprint density at radius 3 is 2.89 bits per heavy atom. The molecule has 0 aliphatic heterocycles. The summed E-state index contributed by atoms with van der Waals surface area (Å²) < 4.78 is 5.48. The number of halogens is 1. The summed E-state index contributed by atoms with van der Waals surface area (Å²) in [6.07, 6.45) is 5.35. The topological polar surface area (TPSA) is 38.3 Å². The number of ether oxygens (including phenoxy) is 1. The molecule has 1 amide bonds. The third-order valence-electron chi connectivity index (χ3n) is 2.40. The van der Waals surface area contributed by atoms with Gasteiger partial charge in [0, 0.05) is 5.02 Å². The van der Waals surface area contributed by atoms with Crippen LogP contribution in [0.3, 0.4) is 0 Å². The van der Waals surface area contributed by atoms with Crippen LogP contribution < -0.4 is 10.1 Å². The Morgan fingerprint density at radius 2 is 2.33 bits per heavy atom. The van der Waals surface area contributed by atoms with Crippen molar-refractivity contribution in [1.82, 2.24) is 5.32 Å². The lowest BCUT2D eigenvalue weighted by Crippen LogP contribution is -2.41. The summed E-state index contributed by atoms with van der Waals surface area (Å²) in [5.74, 6) is 2.82. The number of carbonyl (C=O) groups excluding carboxylic acids is 1. The Kier molecular flexibility index (Phi) is 5.54. The Hall–Kier alpha value is -1.66. The summed E-state index contributed by atoms with van der Waals surface area (Å²) in [4.78, 5) is 11.8. The Balaban J connectivity index is 2.58. The standard InChI is InChI=1S/C14H16ClNO2/c1-4-12(5-2)16-14(17)10(3)18-13-8-6-7-11(15)9-13/h1,6-10,12H,5H2,2-3H3,(H,16,17). The maximum absolute atomic E-state index is 11.8. The van der Waals surface area contributed by atoms with E-state index in [2.05, 4.69) is 11.2 Å². The molecule has 4 heteroatoms. The van der Waals surface area contributed by atoms with Crippen molar-refractivity contribution in [3.8, 4) is 18.1 Å². The molecule has 0 aliphatic rings. The van der Waals surface area contributed by atoms with Gasteiger partial charge >= 0.3 is 0 Å². The molecule has 3 nitrogen and oxygen atoms in total. The molecule has 1 rings (SSSR count). The van der Waals surface area contributed by atoms with E-state index in [1.807, 2.05) is 6.92 Å². The summed E-state index contributed by atoms with van der Waals surface area (Å²) in [5.41, 5.74) is 0. The molecular weight excluding hydrogens is 250 g/mol. The van der Waals surface area contributed by atoms with Crippen LogP contribution in [0.2, 0.25) is 5.02 Å². The van der Waals surface area contributed by atoms with Crippen molar-refractivity contribution >= 4 is 17.5 Å². The van der Waals surface area contributed by atoms with Crippen molar-refractivity contribution in [3.05, 3.63) is 29.3 Å². The molecule has 1 N–H and O–H groups in total. The van der Waals surface area contributed by atoms with Crippen molar-refractivity contribution in [2.24, 2.45) is 0 Å². The summed E-state index contributed by atoms with van der Waals surface area (Å²) in [7, 11) is 0. The summed E-state index contributed by atoms with van der Waals surface area (Å²) in [5, 5.41) is 3.28. The fraction of sp³-hybridized carbons (Fsp3) is 0.357. The number of rotatable bonds is 5. The van der Waals surface area contributed by atoms with E-state index in [1.165, 1.54) is 0 Å². The second-order valence-electron chi connectivity index (χ2n) is 3.85. The Morgan fingerprint density at radius 1 is 1.61 bits per heavy atom. The molecule has 0 aromatic heterocycles. The van der Waals surface area contributed by atoms with E-state index in [4.69, 9.17) is 22.8 Å². The molecule has 0 spiro atoms. The first-order valence-electron chi connectivity index (χ1n) is 5.75.